The van der Waals surface area contributed by atoms with Crippen LogP contribution in [0.3, 0.4) is 0 Å². The second-order valence-electron chi connectivity index (χ2n) is 4.17. The average Bonchev–Trinajstić information content (AvgIpc) is 2.76. The van der Waals surface area contributed by atoms with Crippen LogP contribution in [0.5, 0.6) is 0 Å². The number of fused-ring (bicyclic) bond motifs is 5. The minimum Gasteiger partial charge on any atom is -0.391 e. The summed E-state index contributed by atoms with van der Waals surface area (Å²) >= 11 is 0. The number of hydrogen-bond donors (Lipinski definition) is 1. The first kappa shape index (κ1) is 6.89. The molecule has 1 heterocycles. The molecule has 0 aromatic rings. The molecule has 0 aromatic heterocycles. The Morgan fingerprint density at radius 3 is 3.08 bits per heavy atom. The van der Waals surface area contributed by atoms with Crippen molar-refractivity contribution in [2.24, 2.45) is 22.9 Å². The molecule has 0 saturated heterocycles. The molecule has 0 radical (unpaired) electrons. The Morgan fingerprint density at radius 1 is 1.42 bits per heavy atom. The topological polar surface area (TPSA) is 41.8 Å². The van der Waals surface area contributed by atoms with Crippen molar-refractivity contribution >= 4 is 5.71 Å². The number of nitrogens with zero attached hydrogens (tertiary/aromatic N) is 1. The number of aliphatic hydroxyl groups is 1. The molecule has 0 amide bonds. The summed E-state index contributed by atoms with van der Waals surface area (Å²) in [5.41, 5.74) is 0.896. The molecule has 2 saturated carbocycles. The third-order valence-electron chi connectivity index (χ3n) is 3.68. The normalized spacial score (nSPS) is 48.9. The van der Waals surface area contributed by atoms with Gasteiger partial charge in [0.25, 0.3) is 0 Å². The Hall–Kier alpha value is -0.570. The predicted octanol–water partition coefficient (Wildman–Crippen LogP) is 0.780. The van der Waals surface area contributed by atoms with Gasteiger partial charge in [-0.15, -0.1) is 0 Å². The number of rotatable bonds is 1. The maximum Gasteiger partial charge on any atom is 0.138 e. The lowest BCUT2D eigenvalue weighted by Gasteiger charge is -2.22. The molecule has 3 rings (SSSR count). The van der Waals surface area contributed by atoms with Crippen LogP contribution in [0.4, 0.5) is 0 Å². The van der Waals surface area contributed by atoms with Crippen molar-refractivity contribution in [3.8, 4) is 0 Å². The SMILES string of the molecule is OCC1=NO[C@@H]2[C@H]3CC[C@H](C3)[C@H]12. The van der Waals surface area contributed by atoms with Gasteiger partial charge in [0.05, 0.1) is 12.3 Å². The average molecular weight is 167 g/mol. The van der Waals surface area contributed by atoms with E-state index in [1.807, 2.05) is 0 Å². The van der Waals surface area contributed by atoms with Crippen LogP contribution in [0.15, 0.2) is 5.16 Å². The maximum absolute atomic E-state index is 9.03. The van der Waals surface area contributed by atoms with Gasteiger partial charge in [-0.1, -0.05) is 5.16 Å². The van der Waals surface area contributed by atoms with Crippen molar-refractivity contribution in [3.05, 3.63) is 0 Å². The van der Waals surface area contributed by atoms with E-state index in [1.54, 1.807) is 0 Å². The number of oxime groups is 1. The Morgan fingerprint density at radius 2 is 2.25 bits per heavy atom. The molecule has 1 aliphatic heterocycles. The van der Waals surface area contributed by atoms with Gasteiger partial charge in [0.2, 0.25) is 0 Å². The van der Waals surface area contributed by atoms with Gasteiger partial charge >= 0.3 is 0 Å². The van der Waals surface area contributed by atoms with Crippen LogP contribution in [-0.2, 0) is 4.84 Å². The Bertz CT molecular complexity index is 239. The number of aliphatic hydroxyl groups excluding tert-OH is 1. The largest absolute Gasteiger partial charge is 0.391 e. The first-order valence-electron chi connectivity index (χ1n) is 4.73. The Kier molecular flexibility index (Phi) is 1.28. The van der Waals surface area contributed by atoms with Crippen LogP contribution in [0.1, 0.15) is 19.3 Å². The molecule has 12 heavy (non-hydrogen) atoms. The van der Waals surface area contributed by atoms with Crippen molar-refractivity contribution in [1.82, 2.24) is 0 Å². The second kappa shape index (κ2) is 2.22. The van der Waals surface area contributed by atoms with Gasteiger partial charge in [0, 0.05) is 5.92 Å². The van der Waals surface area contributed by atoms with E-state index in [1.165, 1.54) is 19.3 Å². The van der Waals surface area contributed by atoms with E-state index >= 15 is 0 Å². The molecule has 3 aliphatic rings. The molecule has 2 bridgehead atoms. The molecule has 66 valence electrons. The highest BCUT2D eigenvalue weighted by Crippen LogP contribution is 2.52. The zero-order chi connectivity index (χ0) is 8.13. The van der Waals surface area contributed by atoms with E-state index in [4.69, 9.17) is 9.94 Å². The lowest BCUT2D eigenvalue weighted by molar-refractivity contribution is 0.0275. The molecule has 0 unspecified atom stereocenters. The fraction of sp³-hybridized carbons (Fsp3) is 0.889. The van der Waals surface area contributed by atoms with Crippen LogP contribution >= 0.6 is 0 Å². The lowest BCUT2D eigenvalue weighted by atomic mass is 9.84. The van der Waals surface area contributed by atoms with E-state index in [0.717, 1.165) is 17.5 Å². The summed E-state index contributed by atoms with van der Waals surface area (Å²) < 4.78 is 0. The molecule has 4 atom stereocenters. The van der Waals surface area contributed by atoms with Gasteiger partial charge in [0.15, 0.2) is 0 Å². The van der Waals surface area contributed by atoms with E-state index in [-0.39, 0.29) is 6.61 Å². The summed E-state index contributed by atoms with van der Waals surface area (Å²) in [6, 6.07) is 0. The fourth-order valence-electron chi connectivity index (χ4n) is 3.18. The molecule has 0 spiro atoms. The van der Waals surface area contributed by atoms with Gasteiger partial charge in [0.1, 0.15) is 6.10 Å². The third-order valence-corrected chi connectivity index (χ3v) is 3.68. The Balaban J connectivity index is 1.90. The van der Waals surface area contributed by atoms with Crippen molar-refractivity contribution in [2.45, 2.75) is 25.4 Å². The molecule has 1 N–H and O–H groups in total. The first-order valence-corrected chi connectivity index (χ1v) is 4.73. The number of hydrogen-bond acceptors (Lipinski definition) is 3. The molecule has 2 fully saturated rings. The van der Waals surface area contributed by atoms with Gasteiger partial charge in [-0.05, 0) is 31.1 Å². The zero-order valence-corrected chi connectivity index (χ0v) is 6.94. The lowest BCUT2D eigenvalue weighted by Crippen LogP contribution is -2.30. The smallest absolute Gasteiger partial charge is 0.138 e. The highest BCUT2D eigenvalue weighted by atomic mass is 16.6. The van der Waals surface area contributed by atoms with Crippen LogP contribution < -0.4 is 0 Å². The monoisotopic (exact) mass is 167 g/mol. The van der Waals surface area contributed by atoms with E-state index in [0.29, 0.717) is 12.0 Å². The van der Waals surface area contributed by atoms with Crippen molar-refractivity contribution < 1.29 is 9.94 Å². The quantitative estimate of drug-likeness (QED) is 0.627. The van der Waals surface area contributed by atoms with Crippen LogP contribution in [0.2, 0.25) is 0 Å². The summed E-state index contributed by atoms with van der Waals surface area (Å²) in [5.74, 6) is 1.95. The summed E-state index contributed by atoms with van der Waals surface area (Å²) in [7, 11) is 0. The third kappa shape index (κ3) is 0.678. The van der Waals surface area contributed by atoms with Crippen LogP contribution in [-0.4, -0.2) is 23.5 Å². The summed E-state index contributed by atoms with van der Waals surface area (Å²) in [6.07, 6.45) is 4.24. The van der Waals surface area contributed by atoms with E-state index in [2.05, 4.69) is 5.16 Å². The van der Waals surface area contributed by atoms with E-state index in [9.17, 15) is 0 Å². The van der Waals surface area contributed by atoms with E-state index < -0.39 is 0 Å². The second-order valence-corrected chi connectivity index (χ2v) is 4.17. The van der Waals surface area contributed by atoms with Gasteiger partial charge in [-0.3, -0.25) is 0 Å². The Labute approximate surface area is 71.4 Å². The molecular weight excluding hydrogens is 154 g/mol. The fourth-order valence-corrected chi connectivity index (χ4v) is 3.18. The molecular formula is C9H13NO2. The molecule has 3 nitrogen and oxygen atoms in total. The maximum atomic E-state index is 9.03. The standard InChI is InChI=1S/C9H13NO2/c11-4-7-8-5-1-2-6(3-5)9(8)12-10-7/h5-6,8-9,11H,1-4H2/t5-,6+,8-,9-/m1/s1. The van der Waals surface area contributed by atoms with Gasteiger partial charge in [-0.25, -0.2) is 0 Å². The highest BCUT2D eigenvalue weighted by molar-refractivity contribution is 5.89. The van der Waals surface area contributed by atoms with Gasteiger partial charge < -0.3 is 9.94 Å². The summed E-state index contributed by atoms with van der Waals surface area (Å²) in [4.78, 5) is 5.34. The van der Waals surface area contributed by atoms with Crippen LogP contribution in [0, 0.1) is 17.8 Å². The summed E-state index contributed by atoms with van der Waals surface area (Å²) in [5, 5.41) is 13.0. The first-order chi connectivity index (χ1) is 5.90. The summed E-state index contributed by atoms with van der Waals surface area (Å²) in [6.45, 7) is 0.0877. The van der Waals surface area contributed by atoms with Crippen molar-refractivity contribution in [2.75, 3.05) is 6.61 Å². The zero-order valence-electron chi connectivity index (χ0n) is 6.94. The minimum atomic E-state index is 0.0877. The van der Waals surface area contributed by atoms with Crippen LogP contribution in [0.25, 0.3) is 0 Å². The van der Waals surface area contributed by atoms with Gasteiger partial charge in [-0.2, -0.15) is 0 Å². The predicted molar refractivity (Wildman–Crippen MR) is 43.7 cm³/mol. The molecule has 2 aliphatic carbocycles. The van der Waals surface area contributed by atoms with Crippen molar-refractivity contribution in [3.63, 3.8) is 0 Å². The molecule has 0 aromatic carbocycles. The molecule has 3 heteroatoms. The van der Waals surface area contributed by atoms with Crippen molar-refractivity contribution in [1.29, 1.82) is 0 Å². The highest BCUT2D eigenvalue weighted by Gasteiger charge is 2.53. The minimum absolute atomic E-state index is 0.0877.